The van der Waals surface area contributed by atoms with Gasteiger partial charge in [-0.3, -0.25) is 4.79 Å². The van der Waals surface area contributed by atoms with Gasteiger partial charge in [0.2, 0.25) is 0 Å². The molecule has 24 heavy (non-hydrogen) atoms. The summed E-state index contributed by atoms with van der Waals surface area (Å²) in [4.78, 5) is 30.3. The van der Waals surface area contributed by atoms with Crippen LogP contribution < -0.4 is 4.90 Å². The Morgan fingerprint density at radius 1 is 1.17 bits per heavy atom. The number of rotatable bonds is 3. The molecule has 0 atom stereocenters. The van der Waals surface area contributed by atoms with Crippen molar-refractivity contribution in [1.29, 1.82) is 0 Å². The molecule has 1 amide bonds. The topological polar surface area (TPSA) is 72.6 Å². The molecule has 0 unspecified atom stereocenters. The number of aromatic nitrogens is 1. The molecule has 2 aromatic carbocycles. The first-order chi connectivity index (χ1) is 11.7. The number of fused-ring (bicyclic) bond motifs is 2. The average Bonchev–Trinajstić information content (AvgIpc) is 3.25. The number of benzene rings is 2. The van der Waals surface area contributed by atoms with Gasteiger partial charge in [-0.05, 0) is 30.2 Å². The molecule has 1 aromatic heterocycles. The molecule has 0 bridgehead atoms. The largest absolute Gasteiger partial charge is 0.452 e. The fourth-order valence-electron chi connectivity index (χ4n) is 2.93. The molecule has 0 radical (unpaired) electrons. The predicted octanol–water partition coefficient (Wildman–Crippen LogP) is 2.57. The molecular formula is C18H14N2O4. The van der Waals surface area contributed by atoms with Gasteiger partial charge >= 0.3 is 5.97 Å². The monoisotopic (exact) mass is 322 g/mol. The Labute approximate surface area is 137 Å². The zero-order valence-corrected chi connectivity index (χ0v) is 12.8. The average molecular weight is 322 g/mol. The minimum absolute atomic E-state index is 0.236. The Kier molecular flexibility index (Phi) is 3.49. The lowest BCUT2D eigenvalue weighted by Crippen LogP contribution is -2.33. The van der Waals surface area contributed by atoms with E-state index in [1.807, 2.05) is 24.3 Å². The second kappa shape index (κ2) is 5.81. The van der Waals surface area contributed by atoms with E-state index in [1.54, 1.807) is 23.1 Å². The molecule has 1 aliphatic heterocycles. The van der Waals surface area contributed by atoms with Gasteiger partial charge in [-0.2, -0.15) is 0 Å². The van der Waals surface area contributed by atoms with Crippen LogP contribution in [0.4, 0.5) is 5.69 Å². The third kappa shape index (κ3) is 2.42. The van der Waals surface area contributed by atoms with Gasteiger partial charge in [0.25, 0.3) is 5.91 Å². The highest BCUT2D eigenvalue weighted by molar-refractivity contribution is 6.03. The van der Waals surface area contributed by atoms with E-state index in [-0.39, 0.29) is 18.1 Å². The van der Waals surface area contributed by atoms with Crippen molar-refractivity contribution in [3.8, 4) is 0 Å². The maximum atomic E-state index is 12.4. The molecule has 0 spiro atoms. The Morgan fingerprint density at radius 2 is 2.04 bits per heavy atom. The normalized spacial score (nSPS) is 13.1. The number of carbonyl (C=O) groups excluding carboxylic acids is 2. The molecule has 0 saturated heterocycles. The van der Waals surface area contributed by atoms with Crippen LogP contribution >= 0.6 is 0 Å². The highest BCUT2D eigenvalue weighted by Crippen LogP contribution is 2.27. The Bertz CT molecular complexity index is 931. The summed E-state index contributed by atoms with van der Waals surface area (Å²) in [6.45, 7) is 0.302. The number of anilines is 1. The van der Waals surface area contributed by atoms with Gasteiger partial charge in [-0.15, -0.1) is 0 Å². The van der Waals surface area contributed by atoms with Crippen molar-refractivity contribution in [2.24, 2.45) is 0 Å². The number of para-hydroxylation sites is 2. The molecule has 0 fully saturated rings. The molecule has 0 saturated carbocycles. The zero-order chi connectivity index (χ0) is 16.5. The van der Waals surface area contributed by atoms with E-state index in [2.05, 4.69) is 4.98 Å². The van der Waals surface area contributed by atoms with Crippen molar-refractivity contribution in [3.63, 3.8) is 0 Å². The lowest BCUT2D eigenvalue weighted by Gasteiger charge is -2.17. The van der Waals surface area contributed by atoms with Gasteiger partial charge in [-0.25, -0.2) is 9.78 Å². The Balaban J connectivity index is 1.46. The van der Waals surface area contributed by atoms with Crippen molar-refractivity contribution in [3.05, 3.63) is 60.0 Å². The number of hydrogen-bond donors (Lipinski definition) is 0. The molecule has 6 heteroatoms. The first-order valence-electron chi connectivity index (χ1n) is 7.61. The van der Waals surface area contributed by atoms with Crippen LogP contribution in [-0.2, 0) is 16.0 Å². The van der Waals surface area contributed by atoms with E-state index >= 15 is 0 Å². The van der Waals surface area contributed by atoms with Crippen molar-refractivity contribution in [2.45, 2.75) is 6.42 Å². The van der Waals surface area contributed by atoms with Crippen LogP contribution in [0.1, 0.15) is 15.9 Å². The summed E-state index contributed by atoms with van der Waals surface area (Å²) in [5.41, 5.74) is 3.24. The second-order valence-electron chi connectivity index (χ2n) is 5.50. The maximum Gasteiger partial charge on any atom is 0.340 e. The Morgan fingerprint density at radius 3 is 2.96 bits per heavy atom. The number of nitrogens with zero attached hydrogens (tertiary/aromatic N) is 2. The smallest absolute Gasteiger partial charge is 0.340 e. The predicted molar refractivity (Wildman–Crippen MR) is 86.8 cm³/mol. The molecule has 2 heterocycles. The van der Waals surface area contributed by atoms with Gasteiger partial charge < -0.3 is 14.1 Å². The van der Waals surface area contributed by atoms with Crippen LogP contribution in [0.5, 0.6) is 0 Å². The van der Waals surface area contributed by atoms with Crippen molar-refractivity contribution >= 4 is 28.7 Å². The van der Waals surface area contributed by atoms with E-state index in [4.69, 9.17) is 9.15 Å². The molecular weight excluding hydrogens is 308 g/mol. The molecule has 1 aliphatic rings. The quantitative estimate of drug-likeness (QED) is 0.693. The van der Waals surface area contributed by atoms with Crippen molar-refractivity contribution in [1.82, 2.24) is 4.98 Å². The molecule has 120 valence electrons. The van der Waals surface area contributed by atoms with Gasteiger partial charge in [0, 0.05) is 12.2 Å². The number of ether oxygens (including phenoxy) is 1. The number of amides is 1. The van der Waals surface area contributed by atoms with Crippen molar-refractivity contribution < 1.29 is 18.7 Å². The third-order valence-corrected chi connectivity index (χ3v) is 4.10. The summed E-state index contributed by atoms with van der Waals surface area (Å²) in [7, 11) is 0. The van der Waals surface area contributed by atoms with Crippen LogP contribution in [0.15, 0.2) is 53.3 Å². The van der Waals surface area contributed by atoms with Crippen LogP contribution in [0.3, 0.4) is 0 Å². The minimum atomic E-state index is -0.588. The molecule has 0 aliphatic carbocycles. The SMILES string of the molecule is O=C(OCC(=O)N1CCc2ccccc21)c1cccc2ocnc12. The van der Waals surface area contributed by atoms with Gasteiger partial charge in [0.15, 0.2) is 18.6 Å². The molecule has 3 aromatic rings. The first-order valence-corrected chi connectivity index (χ1v) is 7.61. The highest BCUT2D eigenvalue weighted by Gasteiger charge is 2.25. The van der Waals surface area contributed by atoms with E-state index in [0.717, 1.165) is 17.7 Å². The van der Waals surface area contributed by atoms with E-state index < -0.39 is 5.97 Å². The fourth-order valence-corrected chi connectivity index (χ4v) is 2.93. The van der Waals surface area contributed by atoms with Crippen LogP contribution in [0, 0.1) is 0 Å². The lowest BCUT2D eigenvalue weighted by atomic mass is 10.2. The number of carbonyl (C=O) groups is 2. The van der Waals surface area contributed by atoms with Crippen LogP contribution in [0.25, 0.3) is 11.1 Å². The van der Waals surface area contributed by atoms with E-state index in [1.165, 1.54) is 6.39 Å². The number of hydrogen-bond acceptors (Lipinski definition) is 5. The third-order valence-electron chi connectivity index (χ3n) is 4.10. The Hall–Kier alpha value is -3.15. The van der Waals surface area contributed by atoms with E-state index in [9.17, 15) is 9.59 Å². The number of oxazole rings is 1. The summed E-state index contributed by atoms with van der Waals surface area (Å²) >= 11 is 0. The minimum Gasteiger partial charge on any atom is -0.452 e. The summed E-state index contributed by atoms with van der Waals surface area (Å²) in [6.07, 6.45) is 2.09. The highest BCUT2D eigenvalue weighted by atomic mass is 16.5. The zero-order valence-electron chi connectivity index (χ0n) is 12.8. The molecule has 6 nitrogen and oxygen atoms in total. The summed E-state index contributed by atoms with van der Waals surface area (Å²) in [5, 5.41) is 0. The summed E-state index contributed by atoms with van der Waals surface area (Å²) in [5.74, 6) is -0.823. The van der Waals surface area contributed by atoms with Gasteiger partial charge in [0.05, 0.1) is 5.56 Å². The standard InChI is InChI=1S/C18H14N2O4/c21-16(20-9-8-12-4-1-2-6-14(12)20)10-23-18(22)13-5-3-7-15-17(13)19-11-24-15/h1-7,11H,8-10H2. The second-order valence-corrected chi connectivity index (χ2v) is 5.50. The van der Waals surface area contributed by atoms with Crippen LogP contribution in [0.2, 0.25) is 0 Å². The fraction of sp³-hybridized carbons (Fsp3) is 0.167. The van der Waals surface area contributed by atoms with Gasteiger partial charge in [-0.1, -0.05) is 24.3 Å². The first kappa shape index (κ1) is 14.4. The van der Waals surface area contributed by atoms with Crippen molar-refractivity contribution in [2.75, 3.05) is 18.1 Å². The summed E-state index contributed by atoms with van der Waals surface area (Å²) < 4.78 is 10.3. The summed E-state index contributed by atoms with van der Waals surface area (Å²) in [6, 6.07) is 12.7. The lowest BCUT2D eigenvalue weighted by molar-refractivity contribution is -0.121. The molecule has 0 N–H and O–H groups in total. The van der Waals surface area contributed by atoms with E-state index in [0.29, 0.717) is 17.6 Å². The molecule has 4 rings (SSSR count). The number of esters is 1. The van der Waals surface area contributed by atoms with Gasteiger partial charge in [0.1, 0.15) is 5.52 Å². The maximum absolute atomic E-state index is 12.4. The van der Waals surface area contributed by atoms with Crippen LogP contribution in [-0.4, -0.2) is 30.0 Å².